The van der Waals surface area contributed by atoms with Gasteiger partial charge in [-0.1, -0.05) is 18.2 Å². The maximum Gasteiger partial charge on any atom is 0.261 e. The topological polar surface area (TPSA) is 49.3 Å². The fraction of sp³-hybridized carbons (Fsp3) is 0.312. The molecule has 0 spiro atoms. The fourth-order valence-corrected chi connectivity index (χ4v) is 3.31. The number of benzene rings is 1. The molecule has 3 rings (SSSR count). The van der Waals surface area contributed by atoms with Crippen LogP contribution in [0.5, 0.6) is 0 Å². The molecule has 0 aliphatic heterocycles. The van der Waals surface area contributed by atoms with Crippen molar-refractivity contribution in [1.29, 1.82) is 0 Å². The van der Waals surface area contributed by atoms with Gasteiger partial charge in [-0.25, -0.2) is 4.39 Å². The van der Waals surface area contributed by atoms with Crippen LogP contribution in [0.15, 0.2) is 36.4 Å². The first-order chi connectivity index (χ1) is 10.1. The molecule has 1 saturated carbocycles. The maximum atomic E-state index is 13.7. The monoisotopic (exact) mass is 305 g/mol. The zero-order valence-electron chi connectivity index (χ0n) is 11.4. The quantitative estimate of drug-likeness (QED) is 0.911. The van der Waals surface area contributed by atoms with Gasteiger partial charge in [0.25, 0.3) is 5.91 Å². The minimum Gasteiger partial charge on any atom is -0.388 e. The van der Waals surface area contributed by atoms with Crippen LogP contribution in [0.25, 0.3) is 10.4 Å². The lowest BCUT2D eigenvalue weighted by Gasteiger charge is -2.36. The number of hydrogen-bond donors (Lipinski definition) is 2. The lowest BCUT2D eigenvalue weighted by molar-refractivity contribution is -0.0300. The first kappa shape index (κ1) is 14.2. The van der Waals surface area contributed by atoms with Gasteiger partial charge in [0.15, 0.2) is 0 Å². The highest BCUT2D eigenvalue weighted by molar-refractivity contribution is 7.17. The van der Waals surface area contributed by atoms with Crippen molar-refractivity contribution in [2.45, 2.75) is 24.9 Å². The Kier molecular flexibility index (Phi) is 3.78. The van der Waals surface area contributed by atoms with Crippen molar-refractivity contribution in [3.63, 3.8) is 0 Å². The molecule has 1 aromatic heterocycles. The van der Waals surface area contributed by atoms with Gasteiger partial charge in [0, 0.05) is 17.0 Å². The van der Waals surface area contributed by atoms with E-state index in [0.29, 0.717) is 10.4 Å². The zero-order valence-corrected chi connectivity index (χ0v) is 12.3. The van der Waals surface area contributed by atoms with E-state index in [0.717, 1.165) is 24.1 Å². The number of aliphatic hydroxyl groups is 1. The van der Waals surface area contributed by atoms with E-state index in [1.165, 1.54) is 17.4 Å². The molecular formula is C16H16FNO2S. The molecule has 0 unspecified atom stereocenters. The second kappa shape index (κ2) is 5.58. The van der Waals surface area contributed by atoms with Crippen molar-refractivity contribution in [3.8, 4) is 10.4 Å². The highest BCUT2D eigenvalue weighted by atomic mass is 32.1. The molecule has 0 saturated heterocycles. The van der Waals surface area contributed by atoms with Gasteiger partial charge in [-0.15, -0.1) is 11.3 Å². The van der Waals surface area contributed by atoms with Gasteiger partial charge >= 0.3 is 0 Å². The number of rotatable bonds is 4. The van der Waals surface area contributed by atoms with E-state index in [4.69, 9.17) is 0 Å². The molecule has 1 aliphatic rings. The molecule has 2 N–H and O–H groups in total. The van der Waals surface area contributed by atoms with E-state index in [1.807, 2.05) is 0 Å². The van der Waals surface area contributed by atoms with Crippen molar-refractivity contribution in [1.82, 2.24) is 5.32 Å². The Morgan fingerprint density at radius 3 is 2.71 bits per heavy atom. The lowest BCUT2D eigenvalue weighted by Crippen LogP contribution is -2.47. The Hall–Kier alpha value is -1.72. The standard InChI is InChI=1S/C16H16FNO2S/c17-12-5-2-1-4-11(12)13-6-7-14(21-13)15(19)18-10-16(20)8-3-9-16/h1-2,4-7,20H,3,8-10H2,(H,18,19). The van der Waals surface area contributed by atoms with Crippen LogP contribution in [0.4, 0.5) is 4.39 Å². The summed E-state index contributed by atoms with van der Waals surface area (Å²) in [6.07, 6.45) is 2.47. The van der Waals surface area contributed by atoms with E-state index in [2.05, 4.69) is 5.32 Å². The van der Waals surface area contributed by atoms with Crippen LogP contribution in [-0.4, -0.2) is 23.2 Å². The van der Waals surface area contributed by atoms with Gasteiger partial charge in [0.2, 0.25) is 0 Å². The minimum atomic E-state index is -0.735. The molecule has 1 amide bonds. The molecule has 0 radical (unpaired) electrons. The van der Waals surface area contributed by atoms with Crippen molar-refractivity contribution >= 4 is 17.2 Å². The lowest BCUT2D eigenvalue weighted by atomic mass is 9.80. The summed E-state index contributed by atoms with van der Waals surface area (Å²) in [5, 5.41) is 12.7. The number of amides is 1. The average molecular weight is 305 g/mol. The summed E-state index contributed by atoms with van der Waals surface area (Å²) < 4.78 is 13.7. The molecule has 0 bridgehead atoms. The summed E-state index contributed by atoms with van der Waals surface area (Å²) in [6, 6.07) is 9.94. The fourth-order valence-electron chi connectivity index (χ4n) is 2.36. The number of halogens is 1. The molecule has 3 nitrogen and oxygen atoms in total. The van der Waals surface area contributed by atoms with Crippen molar-refractivity contribution in [3.05, 3.63) is 47.1 Å². The van der Waals surface area contributed by atoms with E-state index in [1.54, 1.807) is 30.3 Å². The van der Waals surface area contributed by atoms with Crippen LogP contribution in [-0.2, 0) is 0 Å². The summed E-state index contributed by atoms with van der Waals surface area (Å²) in [4.78, 5) is 13.3. The second-order valence-electron chi connectivity index (χ2n) is 5.40. The van der Waals surface area contributed by atoms with E-state index >= 15 is 0 Å². The average Bonchev–Trinajstić information content (AvgIpc) is 2.93. The predicted octanol–water partition coefficient (Wildman–Crippen LogP) is 3.20. The van der Waals surface area contributed by atoms with E-state index in [-0.39, 0.29) is 18.3 Å². The third kappa shape index (κ3) is 2.99. The van der Waals surface area contributed by atoms with E-state index in [9.17, 15) is 14.3 Å². The number of nitrogens with one attached hydrogen (secondary N) is 1. The van der Waals surface area contributed by atoms with Crippen LogP contribution in [0.3, 0.4) is 0 Å². The Labute approximate surface area is 126 Å². The van der Waals surface area contributed by atoms with Crippen molar-refractivity contribution in [2.75, 3.05) is 6.54 Å². The SMILES string of the molecule is O=C(NCC1(O)CCC1)c1ccc(-c2ccccc2F)s1. The van der Waals surface area contributed by atoms with Gasteiger partial charge in [-0.2, -0.15) is 0 Å². The molecular weight excluding hydrogens is 289 g/mol. The van der Waals surface area contributed by atoms with Crippen LogP contribution < -0.4 is 5.32 Å². The molecule has 21 heavy (non-hydrogen) atoms. The molecule has 1 aliphatic carbocycles. The van der Waals surface area contributed by atoms with Crippen molar-refractivity contribution < 1.29 is 14.3 Å². The molecule has 1 fully saturated rings. The molecule has 1 aromatic carbocycles. The zero-order chi connectivity index (χ0) is 14.9. The summed E-state index contributed by atoms with van der Waals surface area (Å²) in [5.41, 5.74) is -0.236. The first-order valence-corrected chi connectivity index (χ1v) is 7.74. The van der Waals surface area contributed by atoms with Crippen LogP contribution in [0.1, 0.15) is 28.9 Å². The van der Waals surface area contributed by atoms with Gasteiger partial charge in [0.05, 0.1) is 10.5 Å². The minimum absolute atomic E-state index is 0.220. The largest absolute Gasteiger partial charge is 0.388 e. The number of thiophene rings is 1. The number of hydrogen-bond acceptors (Lipinski definition) is 3. The molecule has 1 heterocycles. The maximum absolute atomic E-state index is 13.7. The summed E-state index contributed by atoms with van der Waals surface area (Å²) >= 11 is 1.25. The Balaban J connectivity index is 1.70. The highest BCUT2D eigenvalue weighted by Crippen LogP contribution is 2.32. The summed E-state index contributed by atoms with van der Waals surface area (Å²) in [7, 11) is 0. The Bertz CT molecular complexity index is 664. The van der Waals surface area contributed by atoms with Crippen LogP contribution in [0.2, 0.25) is 0 Å². The second-order valence-corrected chi connectivity index (χ2v) is 6.49. The van der Waals surface area contributed by atoms with E-state index < -0.39 is 5.60 Å². The molecule has 110 valence electrons. The Morgan fingerprint density at radius 2 is 2.05 bits per heavy atom. The third-order valence-electron chi connectivity index (χ3n) is 3.83. The van der Waals surface area contributed by atoms with Crippen LogP contribution >= 0.6 is 11.3 Å². The smallest absolute Gasteiger partial charge is 0.261 e. The molecule has 2 aromatic rings. The van der Waals surface area contributed by atoms with Gasteiger partial charge < -0.3 is 10.4 Å². The summed E-state index contributed by atoms with van der Waals surface area (Å²) in [5.74, 6) is -0.516. The van der Waals surface area contributed by atoms with Gasteiger partial charge in [0.1, 0.15) is 5.82 Å². The predicted molar refractivity (Wildman–Crippen MR) is 80.8 cm³/mol. The van der Waals surface area contributed by atoms with Crippen molar-refractivity contribution in [2.24, 2.45) is 0 Å². The first-order valence-electron chi connectivity index (χ1n) is 6.93. The van der Waals surface area contributed by atoms with Gasteiger partial charge in [-0.05, 0) is 37.5 Å². The molecule has 5 heteroatoms. The van der Waals surface area contributed by atoms with Gasteiger partial charge in [-0.3, -0.25) is 4.79 Å². The highest BCUT2D eigenvalue weighted by Gasteiger charge is 2.34. The Morgan fingerprint density at radius 1 is 1.29 bits per heavy atom. The number of carbonyl (C=O) groups is 1. The third-order valence-corrected chi connectivity index (χ3v) is 4.95. The van der Waals surface area contributed by atoms with Crippen LogP contribution in [0, 0.1) is 5.82 Å². The number of carbonyl (C=O) groups excluding carboxylic acids is 1. The normalized spacial score (nSPS) is 16.3. The summed E-state index contributed by atoms with van der Waals surface area (Å²) in [6.45, 7) is 0.277. The molecule has 0 atom stereocenters.